The molecule has 6 heteroatoms. The van der Waals surface area contributed by atoms with Gasteiger partial charge in [0.25, 0.3) is 0 Å². The number of hydrogen-bond acceptors (Lipinski definition) is 5. The van der Waals surface area contributed by atoms with Gasteiger partial charge in [0.1, 0.15) is 11.9 Å². The first kappa shape index (κ1) is 22.3. The van der Waals surface area contributed by atoms with E-state index in [4.69, 9.17) is 0 Å². The molecular weight excluding hydrogens is 386 g/mol. The second-order valence-electron chi connectivity index (χ2n) is 8.18. The Morgan fingerprint density at radius 3 is 2.39 bits per heavy atom. The molecule has 0 saturated heterocycles. The van der Waals surface area contributed by atoms with E-state index < -0.39 is 6.04 Å². The summed E-state index contributed by atoms with van der Waals surface area (Å²) in [5, 5.41) is 9.61. The normalized spacial score (nSPS) is 11.8. The van der Waals surface area contributed by atoms with Crippen LogP contribution in [0.25, 0.3) is 0 Å². The van der Waals surface area contributed by atoms with E-state index in [1.165, 1.54) is 11.1 Å². The predicted octanol–water partition coefficient (Wildman–Crippen LogP) is 5.17. The summed E-state index contributed by atoms with van der Waals surface area (Å²) in [7, 11) is 0. The van der Waals surface area contributed by atoms with Crippen molar-refractivity contribution in [3.05, 3.63) is 77.5 Å². The number of hydrogen-bond donors (Lipinski definition) is 3. The Kier molecular flexibility index (Phi) is 7.60. The number of carbonyl (C=O) groups is 1. The molecular formula is C25H31N5O. The number of anilines is 3. The maximum absolute atomic E-state index is 12.9. The van der Waals surface area contributed by atoms with Crippen LogP contribution in [-0.2, 0) is 11.3 Å². The average Bonchev–Trinajstić information content (AvgIpc) is 2.73. The van der Waals surface area contributed by atoms with Crippen LogP contribution in [0.4, 0.5) is 17.5 Å². The van der Waals surface area contributed by atoms with Gasteiger partial charge in [0.05, 0.1) is 0 Å². The Balaban J connectivity index is 1.73. The minimum absolute atomic E-state index is 0.0782. The molecule has 3 aromatic rings. The number of rotatable bonds is 9. The third-order valence-corrected chi connectivity index (χ3v) is 4.94. The molecule has 1 heterocycles. The van der Waals surface area contributed by atoms with Crippen LogP contribution in [0.5, 0.6) is 0 Å². The summed E-state index contributed by atoms with van der Waals surface area (Å²) in [6.45, 7) is 8.85. The van der Waals surface area contributed by atoms with Crippen molar-refractivity contribution in [2.24, 2.45) is 5.92 Å². The van der Waals surface area contributed by atoms with Crippen LogP contribution in [-0.4, -0.2) is 21.9 Å². The predicted molar refractivity (Wildman–Crippen MR) is 127 cm³/mol. The zero-order valence-corrected chi connectivity index (χ0v) is 18.6. The van der Waals surface area contributed by atoms with Crippen LogP contribution < -0.4 is 16.0 Å². The van der Waals surface area contributed by atoms with E-state index in [1.807, 2.05) is 55.5 Å². The lowest BCUT2D eigenvalue weighted by molar-refractivity contribution is -0.117. The Labute approximate surface area is 184 Å². The Hall–Kier alpha value is -3.41. The number of carbonyl (C=O) groups excluding carboxylic acids is 1. The van der Waals surface area contributed by atoms with Crippen molar-refractivity contribution in [2.75, 3.05) is 16.0 Å². The maximum atomic E-state index is 12.9. The number of aryl methyl sites for hydroxylation is 2. The molecule has 0 radical (unpaired) electrons. The molecule has 162 valence electrons. The van der Waals surface area contributed by atoms with Gasteiger partial charge in [-0.2, -0.15) is 4.98 Å². The van der Waals surface area contributed by atoms with Crippen LogP contribution in [0.1, 0.15) is 37.1 Å². The van der Waals surface area contributed by atoms with Crippen molar-refractivity contribution >= 4 is 23.4 Å². The molecule has 0 aliphatic carbocycles. The Bertz CT molecular complexity index is 1000. The third kappa shape index (κ3) is 6.81. The quantitative estimate of drug-likeness (QED) is 0.448. The topological polar surface area (TPSA) is 78.9 Å². The SMILES string of the molecule is Cc1cc(N[C@@H](CC(C)C)C(=O)Nc2ccccc2)nc(NCc2ccccc2C)n1. The molecule has 6 nitrogen and oxygen atoms in total. The molecule has 0 spiro atoms. The fourth-order valence-corrected chi connectivity index (χ4v) is 3.34. The summed E-state index contributed by atoms with van der Waals surface area (Å²) in [5.41, 5.74) is 4.02. The zero-order valence-electron chi connectivity index (χ0n) is 18.6. The standard InChI is InChI=1S/C25H31N5O/c1-17(2)14-22(24(31)28-21-12-6-5-7-13-21)29-23-15-19(4)27-25(30-23)26-16-20-11-9-8-10-18(20)3/h5-13,15,17,22H,14,16H2,1-4H3,(H,28,31)(H2,26,27,29,30)/t22-/m0/s1. The second kappa shape index (κ2) is 10.6. The molecule has 0 aliphatic rings. The van der Waals surface area contributed by atoms with Gasteiger partial charge in [0.2, 0.25) is 11.9 Å². The highest BCUT2D eigenvalue weighted by Crippen LogP contribution is 2.17. The van der Waals surface area contributed by atoms with E-state index in [-0.39, 0.29) is 5.91 Å². The molecule has 1 atom stereocenters. The molecule has 0 bridgehead atoms. The monoisotopic (exact) mass is 417 g/mol. The molecule has 31 heavy (non-hydrogen) atoms. The van der Waals surface area contributed by atoms with E-state index in [1.54, 1.807) is 0 Å². The van der Waals surface area contributed by atoms with E-state index in [0.717, 1.165) is 11.4 Å². The Morgan fingerprint density at radius 1 is 0.968 bits per heavy atom. The molecule has 0 aliphatic heterocycles. The van der Waals surface area contributed by atoms with Crippen LogP contribution >= 0.6 is 0 Å². The summed E-state index contributed by atoms with van der Waals surface area (Å²) in [4.78, 5) is 22.0. The lowest BCUT2D eigenvalue weighted by Gasteiger charge is -2.21. The van der Waals surface area contributed by atoms with E-state index in [9.17, 15) is 4.79 Å². The summed E-state index contributed by atoms with van der Waals surface area (Å²) >= 11 is 0. The molecule has 3 rings (SSSR count). The van der Waals surface area contributed by atoms with E-state index >= 15 is 0 Å². The fourth-order valence-electron chi connectivity index (χ4n) is 3.34. The minimum Gasteiger partial charge on any atom is -0.358 e. The highest BCUT2D eigenvalue weighted by Gasteiger charge is 2.21. The molecule has 0 saturated carbocycles. The first-order chi connectivity index (χ1) is 14.9. The largest absolute Gasteiger partial charge is 0.358 e. The Morgan fingerprint density at radius 2 is 1.68 bits per heavy atom. The number of benzene rings is 2. The zero-order chi connectivity index (χ0) is 22.2. The minimum atomic E-state index is -0.404. The van der Waals surface area contributed by atoms with Gasteiger partial charge < -0.3 is 16.0 Å². The van der Waals surface area contributed by atoms with Crippen molar-refractivity contribution in [1.82, 2.24) is 9.97 Å². The van der Waals surface area contributed by atoms with Crippen molar-refractivity contribution in [2.45, 2.75) is 46.7 Å². The van der Waals surface area contributed by atoms with E-state index in [0.29, 0.717) is 30.6 Å². The first-order valence-corrected chi connectivity index (χ1v) is 10.7. The van der Waals surface area contributed by atoms with E-state index in [2.05, 4.69) is 58.8 Å². The summed E-state index contributed by atoms with van der Waals surface area (Å²) in [6, 6.07) is 19.2. The molecule has 2 aromatic carbocycles. The lowest BCUT2D eigenvalue weighted by atomic mass is 10.0. The first-order valence-electron chi connectivity index (χ1n) is 10.7. The molecule has 0 fully saturated rings. The summed E-state index contributed by atoms with van der Waals surface area (Å²) < 4.78 is 0. The van der Waals surface area contributed by atoms with Gasteiger partial charge in [0, 0.05) is 24.0 Å². The number of aromatic nitrogens is 2. The maximum Gasteiger partial charge on any atom is 0.246 e. The lowest BCUT2D eigenvalue weighted by Crippen LogP contribution is -2.36. The third-order valence-electron chi connectivity index (χ3n) is 4.94. The van der Waals surface area contributed by atoms with Gasteiger partial charge in [-0.3, -0.25) is 4.79 Å². The van der Waals surface area contributed by atoms with Gasteiger partial charge in [0.15, 0.2) is 0 Å². The van der Waals surface area contributed by atoms with Crippen LogP contribution in [0.3, 0.4) is 0 Å². The second-order valence-corrected chi connectivity index (χ2v) is 8.18. The molecule has 3 N–H and O–H groups in total. The molecule has 0 unspecified atom stereocenters. The van der Waals surface area contributed by atoms with Crippen molar-refractivity contribution in [1.29, 1.82) is 0 Å². The van der Waals surface area contributed by atoms with Gasteiger partial charge in [-0.25, -0.2) is 4.98 Å². The van der Waals surface area contributed by atoms with Gasteiger partial charge in [-0.1, -0.05) is 56.3 Å². The summed E-state index contributed by atoms with van der Waals surface area (Å²) in [6.07, 6.45) is 0.688. The number of amides is 1. The number of nitrogens with zero attached hydrogens (tertiary/aromatic N) is 2. The average molecular weight is 418 g/mol. The number of nitrogens with one attached hydrogen (secondary N) is 3. The molecule has 1 aromatic heterocycles. The smallest absolute Gasteiger partial charge is 0.246 e. The van der Waals surface area contributed by atoms with Gasteiger partial charge in [-0.05, 0) is 49.4 Å². The fraction of sp³-hybridized carbons (Fsp3) is 0.320. The highest BCUT2D eigenvalue weighted by atomic mass is 16.2. The number of para-hydroxylation sites is 1. The van der Waals surface area contributed by atoms with Crippen LogP contribution in [0, 0.1) is 19.8 Å². The van der Waals surface area contributed by atoms with Crippen LogP contribution in [0.15, 0.2) is 60.7 Å². The van der Waals surface area contributed by atoms with Gasteiger partial charge in [-0.15, -0.1) is 0 Å². The van der Waals surface area contributed by atoms with Crippen molar-refractivity contribution in [3.63, 3.8) is 0 Å². The van der Waals surface area contributed by atoms with Crippen molar-refractivity contribution < 1.29 is 4.79 Å². The van der Waals surface area contributed by atoms with Crippen LogP contribution in [0.2, 0.25) is 0 Å². The molecule has 1 amide bonds. The summed E-state index contributed by atoms with van der Waals surface area (Å²) in [5.74, 6) is 1.44. The van der Waals surface area contributed by atoms with Gasteiger partial charge >= 0.3 is 0 Å². The van der Waals surface area contributed by atoms with Crippen molar-refractivity contribution in [3.8, 4) is 0 Å². The highest BCUT2D eigenvalue weighted by molar-refractivity contribution is 5.96.